The lowest BCUT2D eigenvalue weighted by atomic mass is 10.2. The third kappa shape index (κ3) is 5.15. The Kier molecular flexibility index (Phi) is 5.39. The number of rotatable bonds is 6. The quantitative estimate of drug-likeness (QED) is 0.877. The van der Waals surface area contributed by atoms with E-state index in [0.717, 1.165) is 4.88 Å². The van der Waals surface area contributed by atoms with E-state index in [4.69, 9.17) is 11.6 Å². The second kappa shape index (κ2) is 7.06. The van der Waals surface area contributed by atoms with E-state index in [1.807, 2.05) is 17.5 Å². The monoisotopic (exact) mass is 343 g/mol. The first kappa shape index (κ1) is 16.0. The van der Waals surface area contributed by atoms with Gasteiger partial charge >= 0.3 is 0 Å². The van der Waals surface area contributed by atoms with Crippen LogP contribution in [0.2, 0.25) is 5.02 Å². The summed E-state index contributed by atoms with van der Waals surface area (Å²) in [5.41, 5.74) is 0.470. The summed E-state index contributed by atoms with van der Waals surface area (Å²) in [6, 6.07) is 10.5. The van der Waals surface area contributed by atoms with Crippen molar-refractivity contribution in [2.75, 3.05) is 0 Å². The molecule has 0 spiro atoms. The molecule has 0 atom stereocenters. The molecule has 0 fully saturated rings. The number of nitrogens with one attached hydrogen (secondary N) is 1. The zero-order valence-electron chi connectivity index (χ0n) is 11.1. The minimum absolute atomic E-state index is 0.141. The Bertz CT molecular complexity index is 712. The number of thiophene rings is 1. The Morgan fingerprint density at radius 1 is 1.19 bits per heavy atom. The summed E-state index contributed by atoms with van der Waals surface area (Å²) in [4.78, 5) is 12.8. The lowest BCUT2D eigenvalue weighted by Crippen LogP contribution is -2.31. The van der Waals surface area contributed by atoms with Crippen molar-refractivity contribution >= 4 is 38.9 Å². The summed E-state index contributed by atoms with van der Waals surface area (Å²) in [5, 5.41) is 2.29. The van der Waals surface area contributed by atoms with E-state index < -0.39 is 15.9 Å². The topological polar surface area (TPSA) is 63.2 Å². The second-order valence-electron chi connectivity index (χ2n) is 4.46. The molecule has 2 rings (SSSR count). The van der Waals surface area contributed by atoms with Gasteiger partial charge in [0.1, 0.15) is 0 Å². The first-order chi connectivity index (χ1) is 9.96. The van der Waals surface area contributed by atoms with Gasteiger partial charge < -0.3 is 0 Å². The maximum absolute atomic E-state index is 11.9. The van der Waals surface area contributed by atoms with Gasteiger partial charge in [0.05, 0.1) is 5.75 Å². The second-order valence-corrected chi connectivity index (χ2v) is 7.62. The average molecular weight is 344 g/mol. The largest absolute Gasteiger partial charge is 0.274 e. The predicted molar refractivity (Wildman–Crippen MR) is 84.9 cm³/mol. The molecule has 1 aromatic heterocycles. The Labute approximate surface area is 132 Å². The Morgan fingerprint density at radius 3 is 2.62 bits per heavy atom. The van der Waals surface area contributed by atoms with Crippen LogP contribution in [0.5, 0.6) is 0 Å². The van der Waals surface area contributed by atoms with Crippen LogP contribution in [0.1, 0.15) is 16.9 Å². The summed E-state index contributed by atoms with van der Waals surface area (Å²) in [6.45, 7) is 0. The molecule has 4 nitrogen and oxygen atoms in total. The molecule has 0 saturated heterocycles. The van der Waals surface area contributed by atoms with Gasteiger partial charge in [0, 0.05) is 16.3 Å². The van der Waals surface area contributed by atoms with Crippen molar-refractivity contribution in [3.05, 3.63) is 57.2 Å². The number of carbonyl (C=O) groups excluding carboxylic acids is 1. The van der Waals surface area contributed by atoms with Crippen molar-refractivity contribution < 1.29 is 13.2 Å². The molecule has 0 unspecified atom stereocenters. The van der Waals surface area contributed by atoms with Crippen LogP contribution in [-0.2, 0) is 27.0 Å². The van der Waals surface area contributed by atoms with Crippen molar-refractivity contribution in [2.45, 2.75) is 18.6 Å². The number of benzene rings is 1. The van der Waals surface area contributed by atoms with Gasteiger partial charge in [-0.3, -0.25) is 9.52 Å². The molecule has 2 aromatic rings. The molecule has 0 radical (unpaired) electrons. The molecule has 112 valence electrons. The molecule has 0 aliphatic rings. The molecule has 0 saturated carbocycles. The molecule has 0 bridgehead atoms. The number of sulfonamides is 1. The van der Waals surface area contributed by atoms with Crippen LogP contribution in [0, 0.1) is 0 Å². The summed E-state index contributed by atoms with van der Waals surface area (Å²) >= 11 is 7.46. The van der Waals surface area contributed by atoms with E-state index in [0.29, 0.717) is 17.0 Å². The van der Waals surface area contributed by atoms with Gasteiger partial charge in [-0.1, -0.05) is 35.9 Å². The number of amides is 1. The molecule has 1 heterocycles. The van der Waals surface area contributed by atoms with Crippen molar-refractivity contribution in [1.82, 2.24) is 4.72 Å². The number of hydrogen-bond acceptors (Lipinski definition) is 4. The highest BCUT2D eigenvalue weighted by Gasteiger charge is 2.16. The highest BCUT2D eigenvalue weighted by Crippen LogP contribution is 2.17. The van der Waals surface area contributed by atoms with E-state index in [1.165, 1.54) is 0 Å². The van der Waals surface area contributed by atoms with E-state index >= 15 is 0 Å². The molecular weight excluding hydrogens is 330 g/mol. The van der Waals surface area contributed by atoms with Crippen molar-refractivity contribution in [3.8, 4) is 0 Å². The smallest absolute Gasteiger partial charge is 0.239 e. The molecule has 7 heteroatoms. The zero-order valence-corrected chi connectivity index (χ0v) is 13.5. The van der Waals surface area contributed by atoms with Crippen LogP contribution in [0.3, 0.4) is 0 Å². The first-order valence-corrected chi connectivity index (χ1v) is 9.16. The molecule has 1 amide bonds. The normalized spacial score (nSPS) is 11.3. The van der Waals surface area contributed by atoms with Gasteiger partial charge in [-0.25, -0.2) is 8.42 Å². The van der Waals surface area contributed by atoms with E-state index in [2.05, 4.69) is 4.72 Å². The molecule has 21 heavy (non-hydrogen) atoms. The third-order valence-corrected chi connectivity index (χ3v) is 5.29. The number of halogens is 1. The average Bonchev–Trinajstić information content (AvgIpc) is 2.91. The minimum Gasteiger partial charge on any atom is -0.274 e. The molecular formula is C14H14ClNO3S2. The standard InChI is InChI=1S/C14H14ClNO3S2/c15-13-6-2-1-4-11(13)10-21(18,19)16-14(17)8-7-12-5-3-9-20-12/h1-6,9H,7-8,10H2,(H,16,17). The molecule has 0 aliphatic carbocycles. The predicted octanol–water partition coefficient (Wildman–Crippen LogP) is 2.98. The van der Waals surface area contributed by atoms with E-state index in [-0.39, 0.29) is 12.2 Å². The van der Waals surface area contributed by atoms with Gasteiger partial charge in [-0.15, -0.1) is 11.3 Å². The van der Waals surface area contributed by atoms with Crippen LogP contribution in [0.4, 0.5) is 0 Å². The lowest BCUT2D eigenvalue weighted by molar-refractivity contribution is -0.119. The third-order valence-electron chi connectivity index (χ3n) is 2.75. The van der Waals surface area contributed by atoms with Gasteiger partial charge in [-0.2, -0.15) is 0 Å². The van der Waals surface area contributed by atoms with Crippen LogP contribution in [-0.4, -0.2) is 14.3 Å². The highest BCUT2D eigenvalue weighted by atomic mass is 35.5. The Morgan fingerprint density at radius 2 is 1.95 bits per heavy atom. The fourth-order valence-corrected chi connectivity index (χ4v) is 3.95. The van der Waals surface area contributed by atoms with Gasteiger partial charge in [0.25, 0.3) is 0 Å². The lowest BCUT2D eigenvalue weighted by Gasteiger charge is -2.07. The van der Waals surface area contributed by atoms with E-state index in [1.54, 1.807) is 35.6 Å². The van der Waals surface area contributed by atoms with Crippen molar-refractivity contribution in [2.24, 2.45) is 0 Å². The van der Waals surface area contributed by atoms with Crippen molar-refractivity contribution in [3.63, 3.8) is 0 Å². The fourth-order valence-electron chi connectivity index (χ4n) is 1.77. The van der Waals surface area contributed by atoms with Crippen LogP contribution < -0.4 is 4.72 Å². The van der Waals surface area contributed by atoms with Crippen LogP contribution in [0.15, 0.2) is 41.8 Å². The Hall–Kier alpha value is -1.37. The van der Waals surface area contributed by atoms with Gasteiger partial charge in [-0.05, 0) is 29.5 Å². The summed E-state index contributed by atoms with van der Waals surface area (Å²) in [7, 11) is -3.73. The van der Waals surface area contributed by atoms with Crippen LogP contribution >= 0.6 is 22.9 Å². The van der Waals surface area contributed by atoms with Crippen molar-refractivity contribution in [1.29, 1.82) is 0 Å². The van der Waals surface area contributed by atoms with Gasteiger partial charge in [0.2, 0.25) is 15.9 Å². The maximum atomic E-state index is 11.9. The molecule has 1 N–H and O–H groups in total. The SMILES string of the molecule is O=C(CCc1cccs1)NS(=O)(=O)Cc1ccccc1Cl. The first-order valence-electron chi connectivity index (χ1n) is 6.25. The summed E-state index contributed by atoms with van der Waals surface area (Å²) < 4.78 is 25.9. The minimum atomic E-state index is -3.73. The van der Waals surface area contributed by atoms with Gasteiger partial charge in [0.15, 0.2) is 0 Å². The summed E-state index contributed by atoms with van der Waals surface area (Å²) in [6.07, 6.45) is 0.674. The molecule has 1 aromatic carbocycles. The summed E-state index contributed by atoms with van der Waals surface area (Å²) in [5.74, 6) is -0.812. The molecule has 0 aliphatic heterocycles. The van der Waals surface area contributed by atoms with E-state index in [9.17, 15) is 13.2 Å². The van der Waals surface area contributed by atoms with Crippen LogP contribution in [0.25, 0.3) is 0 Å². The number of hydrogen-bond donors (Lipinski definition) is 1. The number of aryl methyl sites for hydroxylation is 1. The number of carbonyl (C=O) groups is 1. The zero-order chi connectivity index (χ0) is 15.3. The fraction of sp³-hybridized carbons (Fsp3) is 0.214. The Balaban J connectivity index is 1.91. The highest BCUT2D eigenvalue weighted by molar-refractivity contribution is 7.89. The maximum Gasteiger partial charge on any atom is 0.239 e.